The van der Waals surface area contributed by atoms with E-state index in [1.165, 1.54) is 10.7 Å². The van der Waals surface area contributed by atoms with E-state index in [0.717, 1.165) is 11.3 Å². The van der Waals surface area contributed by atoms with Crippen LogP contribution < -0.4 is 11.3 Å². The van der Waals surface area contributed by atoms with Crippen LogP contribution in [0.2, 0.25) is 0 Å². The second-order valence-corrected chi connectivity index (χ2v) is 3.10. The monoisotopic (exact) mass is 205 g/mol. The van der Waals surface area contributed by atoms with Gasteiger partial charge in [-0.05, 0) is 6.07 Å². The summed E-state index contributed by atoms with van der Waals surface area (Å²) in [6.07, 6.45) is 3.27. The summed E-state index contributed by atoms with van der Waals surface area (Å²) >= 11 is 0. The summed E-state index contributed by atoms with van der Waals surface area (Å²) in [4.78, 5) is 11.5. The molecule has 0 aliphatic heterocycles. The van der Waals surface area contributed by atoms with E-state index in [0.29, 0.717) is 0 Å². The quantitative estimate of drug-likeness (QED) is 0.720. The zero-order valence-corrected chi connectivity index (χ0v) is 8.29. The first-order chi connectivity index (χ1) is 7.22. The summed E-state index contributed by atoms with van der Waals surface area (Å²) in [7, 11) is 1.81. The van der Waals surface area contributed by atoms with Crippen LogP contribution in [0.3, 0.4) is 0 Å². The predicted octanol–water partition coefficient (Wildman–Crippen LogP) is -0.440. The Bertz CT molecular complexity index is 527. The van der Waals surface area contributed by atoms with Crippen LogP contribution in [0.5, 0.6) is 0 Å². The van der Waals surface area contributed by atoms with E-state index in [4.69, 9.17) is 5.73 Å². The van der Waals surface area contributed by atoms with Crippen molar-refractivity contribution in [2.45, 2.75) is 6.67 Å². The molecule has 0 spiro atoms. The Hall–Kier alpha value is -1.95. The van der Waals surface area contributed by atoms with E-state index in [-0.39, 0.29) is 12.2 Å². The summed E-state index contributed by atoms with van der Waals surface area (Å²) in [5, 5.41) is 7.95. The molecule has 2 aromatic rings. The molecular weight excluding hydrogens is 194 g/mol. The van der Waals surface area contributed by atoms with Crippen molar-refractivity contribution < 1.29 is 0 Å². The molecule has 0 bridgehead atoms. The van der Waals surface area contributed by atoms with Gasteiger partial charge in [-0.1, -0.05) is 0 Å². The molecule has 0 saturated heterocycles. The lowest BCUT2D eigenvalue weighted by Gasteiger charge is -2.03. The van der Waals surface area contributed by atoms with E-state index in [1.807, 2.05) is 13.1 Å². The van der Waals surface area contributed by atoms with Crippen molar-refractivity contribution in [1.82, 2.24) is 19.6 Å². The summed E-state index contributed by atoms with van der Waals surface area (Å²) < 4.78 is 2.88. The number of rotatable bonds is 2. The molecular formula is C9H11N5O. The van der Waals surface area contributed by atoms with Crippen molar-refractivity contribution >= 4 is 0 Å². The molecule has 2 N–H and O–H groups in total. The van der Waals surface area contributed by atoms with Crippen LogP contribution in [0.4, 0.5) is 0 Å². The topological polar surface area (TPSA) is 78.7 Å². The first-order valence-corrected chi connectivity index (χ1v) is 4.48. The third kappa shape index (κ3) is 1.66. The molecule has 15 heavy (non-hydrogen) atoms. The molecule has 0 amide bonds. The molecule has 0 aliphatic rings. The van der Waals surface area contributed by atoms with Gasteiger partial charge in [-0.3, -0.25) is 9.48 Å². The van der Waals surface area contributed by atoms with Crippen LogP contribution in [0, 0.1) is 0 Å². The fourth-order valence-electron chi connectivity index (χ4n) is 1.37. The van der Waals surface area contributed by atoms with E-state index >= 15 is 0 Å². The Morgan fingerprint density at radius 2 is 2.27 bits per heavy atom. The Balaban J connectivity index is 2.52. The van der Waals surface area contributed by atoms with Gasteiger partial charge in [-0.25, -0.2) is 4.68 Å². The van der Waals surface area contributed by atoms with Gasteiger partial charge in [-0.2, -0.15) is 10.2 Å². The van der Waals surface area contributed by atoms with Gasteiger partial charge in [0.2, 0.25) is 0 Å². The first-order valence-electron chi connectivity index (χ1n) is 4.48. The highest BCUT2D eigenvalue weighted by Gasteiger charge is 2.04. The molecule has 0 aliphatic carbocycles. The highest BCUT2D eigenvalue weighted by atomic mass is 16.1. The third-order valence-electron chi connectivity index (χ3n) is 2.16. The van der Waals surface area contributed by atoms with Gasteiger partial charge in [-0.15, -0.1) is 0 Å². The molecule has 6 nitrogen and oxygen atoms in total. The van der Waals surface area contributed by atoms with E-state index in [1.54, 1.807) is 17.1 Å². The van der Waals surface area contributed by atoms with Crippen LogP contribution in [0.15, 0.2) is 29.3 Å². The second-order valence-electron chi connectivity index (χ2n) is 3.10. The van der Waals surface area contributed by atoms with Crippen molar-refractivity contribution in [3.8, 4) is 11.3 Å². The van der Waals surface area contributed by atoms with Gasteiger partial charge in [0, 0.05) is 24.9 Å². The number of hydrogen-bond donors (Lipinski definition) is 1. The van der Waals surface area contributed by atoms with Crippen molar-refractivity contribution in [3.05, 3.63) is 34.9 Å². The average Bonchev–Trinajstić information content (AvgIpc) is 2.64. The Morgan fingerprint density at radius 1 is 1.47 bits per heavy atom. The molecule has 2 rings (SSSR count). The molecule has 0 unspecified atom stereocenters. The molecule has 0 aromatic carbocycles. The molecule has 0 atom stereocenters. The van der Waals surface area contributed by atoms with Gasteiger partial charge in [0.05, 0.1) is 18.6 Å². The van der Waals surface area contributed by atoms with E-state index in [9.17, 15) is 4.79 Å². The molecule has 2 aromatic heterocycles. The van der Waals surface area contributed by atoms with Gasteiger partial charge in [0.15, 0.2) is 0 Å². The summed E-state index contributed by atoms with van der Waals surface area (Å²) in [6.45, 7) is 0.0878. The fraction of sp³-hybridized carbons (Fsp3) is 0.222. The van der Waals surface area contributed by atoms with Crippen molar-refractivity contribution in [3.63, 3.8) is 0 Å². The third-order valence-corrected chi connectivity index (χ3v) is 2.16. The summed E-state index contributed by atoms with van der Waals surface area (Å²) in [6, 6.07) is 3.32. The molecule has 0 fully saturated rings. The molecule has 78 valence electrons. The molecule has 2 heterocycles. The van der Waals surface area contributed by atoms with Crippen LogP contribution in [0.1, 0.15) is 0 Å². The maximum atomic E-state index is 11.5. The van der Waals surface area contributed by atoms with Gasteiger partial charge < -0.3 is 5.73 Å². The van der Waals surface area contributed by atoms with Crippen LogP contribution in [-0.2, 0) is 13.7 Å². The predicted molar refractivity (Wildman–Crippen MR) is 54.9 cm³/mol. The zero-order chi connectivity index (χ0) is 10.8. The first kappa shape index (κ1) is 9.60. The summed E-state index contributed by atoms with van der Waals surface area (Å²) in [5.74, 6) is 0. The fourth-order valence-corrected chi connectivity index (χ4v) is 1.37. The SMILES string of the molecule is Cn1nccc1-c1cnn(CN)c(=O)c1. The van der Waals surface area contributed by atoms with Crippen LogP contribution >= 0.6 is 0 Å². The minimum atomic E-state index is -0.212. The van der Waals surface area contributed by atoms with E-state index < -0.39 is 0 Å². The maximum Gasteiger partial charge on any atom is 0.268 e. The van der Waals surface area contributed by atoms with Gasteiger partial charge in [0.1, 0.15) is 0 Å². The Morgan fingerprint density at radius 3 is 2.80 bits per heavy atom. The van der Waals surface area contributed by atoms with Crippen LogP contribution in [-0.4, -0.2) is 19.6 Å². The standard InChI is InChI=1S/C9H11N5O/c1-13-8(2-3-11-13)7-4-9(15)14(6-10)12-5-7/h2-5H,6,10H2,1H3. The highest BCUT2D eigenvalue weighted by Crippen LogP contribution is 2.13. The minimum absolute atomic E-state index is 0.0878. The summed E-state index contributed by atoms with van der Waals surface area (Å²) in [5.41, 5.74) is 6.71. The maximum absolute atomic E-state index is 11.5. The number of nitrogens with two attached hydrogens (primary N) is 1. The number of hydrogen-bond acceptors (Lipinski definition) is 4. The van der Waals surface area contributed by atoms with Gasteiger partial charge in [0.25, 0.3) is 5.56 Å². The molecule has 0 radical (unpaired) electrons. The van der Waals surface area contributed by atoms with E-state index in [2.05, 4.69) is 10.2 Å². The zero-order valence-electron chi connectivity index (χ0n) is 8.29. The Kier molecular flexibility index (Phi) is 2.34. The van der Waals surface area contributed by atoms with Crippen molar-refractivity contribution in [1.29, 1.82) is 0 Å². The normalized spacial score (nSPS) is 10.5. The lowest BCUT2D eigenvalue weighted by atomic mass is 10.2. The minimum Gasteiger partial charge on any atom is -0.312 e. The van der Waals surface area contributed by atoms with Crippen molar-refractivity contribution in [2.75, 3.05) is 0 Å². The van der Waals surface area contributed by atoms with Crippen LogP contribution in [0.25, 0.3) is 11.3 Å². The van der Waals surface area contributed by atoms with Crippen molar-refractivity contribution in [2.24, 2.45) is 12.8 Å². The number of aryl methyl sites for hydroxylation is 1. The smallest absolute Gasteiger partial charge is 0.268 e. The highest BCUT2D eigenvalue weighted by molar-refractivity contribution is 5.56. The second kappa shape index (κ2) is 3.66. The molecule has 6 heteroatoms. The molecule has 0 saturated carbocycles. The largest absolute Gasteiger partial charge is 0.312 e. The lowest BCUT2D eigenvalue weighted by Crippen LogP contribution is -2.25. The average molecular weight is 205 g/mol. The number of nitrogens with zero attached hydrogens (tertiary/aromatic N) is 4. The Labute approximate surface area is 85.9 Å². The van der Waals surface area contributed by atoms with Gasteiger partial charge >= 0.3 is 0 Å². The number of aromatic nitrogens is 4. The lowest BCUT2D eigenvalue weighted by molar-refractivity contribution is 0.597.